The molecular weight excluding hydrogens is 240 g/mol. The molecule has 0 heteroatoms. The van der Waals surface area contributed by atoms with Crippen molar-refractivity contribution in [3.8, 4) is 0 Å². The largest absolute Gasteiger partial charge is 0.0845 e. The van der Waals surface area contributed by atoms with E-state index < -0.39 is 0 Å². The van der Waals surface area contributed by atoms with Crippen molar-refractivity contribution in [2.75, 3.05) is 0 Å². The van der Waals surface area contributed by atoms with Crippen molar-refractivity contribution in [1.82, 2.24) is 0 Å². The SMILES string of the molecule is CCCCCCCCC(CCCC)=C1CC2C=CC1C2. The molecule has 2 bridgehead atoms. The smallest absolute Gasteiger partial charge is 0.00146 e. The number of rotatable bonds is 10. The zero-order valence-corrected chi connectivity index (χ0v) is 13.8. The second kappa shape index (κ2) is 8.70. The van der Waals surface area contributed by atoms with Gasteiger partial charge in [-0.25, -0.2) is 0 Å². The number of unbranched alkanes of at least 4 members (excludes halogenated alkanes) is 6. The lowest BCUT2D eigenvalue weighted by Gasteiger charge is -2.17. The molecule has 2 aliphatic rings. The van der Waals surface area contributed by atoms with Crippen molar-refractivity contribution in [2.45, 2.75) is 90.9 Å². The van der Waals surface area contributed by atoms with Gasteiger partial charge < -0.3 is 0 Å². The van der Waals surface area contributed by atoms with Crippen LogP contribution >= 0.6 is 0 Å². The maximum atomic E-state index is 2.50. The van der Waals surface area contributed by atoms with Crippen LogP contribution in [0.1, 0.15) is 90.9 Å². The molecule has 0 saturated heterocycles. The lowest BCUT2D eigenvalue weighted by Crippen LogP contribution is -2.00. The summed E-state index contributed by atoms with van der Waals surface area (Å²) in [5.74, 6) is 1.74. The first-order valence-corrected chi connectivity index (χ1v) is 9.24. The number of hydrogen-bond acceptors (Lipinski definition) is 0. The average Bonchev–Trinajstić information content (AvgIpc) is 3.08. The zero-order chi connectivity index (χ0) is 14.2. The third kappa shape index (κ3) is 4.50. The third-order valence-electron chi connectivity index (χ3n) is 5.22. The molecule has 0 aromatic carbocycles. The van der Waals surface area contributed by atoms with Crippen LogP contribution in [0, 0.1) is 11.8 Å². The Balaban J connectivity index is 1.79. The Hall–Kier alpha value is -0.520. The van der Waals surface area contributed by atoms with Crippen molar-refractivity contribution < 1.29 is 0 Å². The van der Waals surface area contributed by atoms with Crippen LogP contribution < -0.4 is 0 Å². The summed E-state index contributed by atoms with van der Waals surface area (Å²) >= 11 is 0. The van der Waals surface area contributed by atoms with Gasteiger partial charge in [-0.1, -0.05) is 75.7 Å². The fourth-order valence-corrected chi connectivity index (χ4v) is 3.98. The van der Waals surface area contributed by atoms with Crippen molar-refractivity contribution in [3.05, 3.63) is 23.3 Å². The second-order valence-corrected chi connectivity index (χ2v) is 6.94. The lowest BCUT2D eigenvalue weighted by molar-refractivity contribution is 0.594. The summed E-state index contributed by atoms with van der Waals surface area (Å²) in [6.07, 6.45) is 21.9. The van der Waals surface area contributed by atoms with Crippen molar-refractivity contribution in [3.63, 3.8) is 0 Å². The first-order chi connectivity index (χ1) is 9.85. The van der Waals surface area contributed by atoms with Crippen LogP contribution in [0.25, 0.3) is 0 Å². The molecule has 1 fully saturated rings. The van der Waals surface area contributed by atoms with Crippen LogP contribution in [0.2, 0.25) is 0 Å². The standard InChI is InChI=1S/C20H34/c1-3-5-7-8-9-10-12-18(11-6-4-2)20-16-17-13-14-19(20)15-17/h13-14,17,19H,3-12,15-16H2,1-2H3. The van der Waals surface area contributed by atoms with E-state index in [-0.39, 0.29) is 0 Å². The second-order valence-electron chi connectivity index (χ2n) is 6.94. The summed E-state index contributed by atoms with van der Waals surface area (Å²) in [6.45, 7) is 4.63. The number of hydrogen-bond donors (Lipinski definition) is 0. The van der Waals surface area contributed by atoms with Crippen molar-refractivity contribution in [1.29, 1.82) is 0 Å². The van der Waals surface area contributed by atoms with E-state index in [1.165, 1.54) is 77.0 Å². The Bertz CT molecular complexity index is 334. The molecule has 2 atom stereocenters. The highest BCUT2D eigenvalue weighted by molar-refractivity contribution is 5.31. The molecule has 2 rings (SSSR count). The fraction of sp³-hybridized carbons (Fsp3) is 0.800. The highest BCUT2D eigenvalue weighted by Gasteiger charge is 2.32. The minimum atomic E-state index is 0.840. The Morgan fingerprint density at radius 1 is 0.900 bits per heavy atom. The summed E-state index contributed by atoms with van der Waals surface area (Å²) < 4.78 is 0. The fourth-order valence-electron chi connectivity index (χ4n) is 3.98. The molecule has 0 nitrogen and oxygen atoms in total. The molecule has 20 heavy (non-hydrogen) atoms. The van der Waals surface area contributed by atoms with Gasteiger partial charge in [0, 0.05) is 0 Å². The minimum absolute atomic E-state index is 0.840. The zero-order valence-electron chi connectivity index (χ0n) is 13.8. The Kier molecular flexibility index (Phi) is 6.90. The number of allylic oxidation sites excluding steroid dienone is 4. The van der Waals surface area contributed by atoms with Gasteiger partial charge in [-0.15, -0.1) is 0 Å². The van der Waals surface area contributed by atoms with E-state index in [0.717, 1.165) is 11.8 Å². The van der Waals surface area contributed by atoms with Gasteiger partial charge >= 0.3 is 0 Å². The van der Waals surface area contributed by atoms with Crippen LogP contribution in [0.3, 0.4) is 0 Å². The molecule has 2 aliphatic carbocycles. The Labute approximate surface area is 126 Å². The molecule has 0 N–H and O–H groups in total. The van der Waals surface area contributed by atoms with Gasteiger partial charge in [0.15, 0.2) is 0 Å². The average molecular weight is 274 g/mol. The van der Waals surface area contributed by atoms with Gasteiger partial charge in [-0.05, 0) is 50.4 Å². The molecule has 0 aromatic rings. The highest BCUT2D eigenvalue weighted by atomic mass is 14.4. The highest BCUT2D eigenvalue weighted by Crippen LogP contribution is 2.45. The molecule has 1 saturated carbocycles. The van der Waals surface area contributed by atoms with Crippen molar-refractivity contribution in [2.24, 2.45) is 11.8 Å². The molecule has 2 unspecified atom stereocenters. The van der Waals surface area contributed by atoms with Gasteiger partial charge in [-0.2, -0.15) is 0 Å². The molecule has 0 aliphatic heterocycles. The predicted molar refractivity (Wildman–Crippen MR) is 89.9 cm³/mol. The van der Waals surface area contributed by atoms with E-state index in [0.29, 0.717) is 0 Å². The Morgan fingerprint density at radius 3 is 2.25 bits per heavy atom. The maximum absolute atomic E-state index is 2.50. The molecule has 0 heterocycles. The molecule has 0 amide bonds. The van der Waals surface area contributed by atoms with E-state index >= 15 is 0 Å². The summed E-state index contributed by atoms with van der Waals surface area (Å²) in [6, 6.07) is 0. The molecule has 0 radical (unpaired) electrons. The van der Waals surface area contributed by atoms with Crippen LogP contribution in [-0.2, 0) is 0 Å². The summed E-state index contributed by atoms with van der Waals surface area (Å²) in [5, 5.41) is 0. The topological polar surface area (TPSA) is 0 Å². The minimum Gasteiger partial charge on any atom is -0.0845 e. The van der Waals surface area contributed by atoms with E-state index in [1.807, 2.05) is 11.1 Å². The van der Waals surface area contributed by atoms with Crippen molar-refractivity contribution >= 4 is 0 Å². The monoisotopic (exact) mass is 274 g/mol. The van der Waals surface area contributed by atoms with E-state index in [1.54, 1.807) is 0 Å². The molecule has 0 spiro atoms. The van der Waals surface area contributed by atoms with Crippen LogP contribution in [0.5, 0.6) is 0 Å². The lowest BCUT2D eigenvalue weighted by atomic mass is 9.89. The van der Waals surface area contributed by atoms with E-state index in [2.05, 4.69) is 26.0 Å². The summed E-state index contributed by atoms with van der Waals surface area (Å²) in [5.41, 5.74) is 3.72. The quantitative estimate of drug-likeness (QED) is 0.303. The first-order valence-electron chi connectivity index (χ1n) is 9.24. The van der Waals surface area contributed by atoms with Crippen LogP contribution in [0.4, 0.5) is 0 Å². The van der Waals surface area contributed by atoms with Gasteiger partial charge in [0.25, 0.3) is 0 Å². The summed E-state index contributed by atoms with van der Waals surface area (Å²) in [4.78, 5) is 0. The van der Waals surface area contributed by atoms with E-state index in [9.17, 15) is 0 Å². The number of fused-ring (bicyclic) bond motifs is 2. The van der Waals surface area contributed by atoms with Gasteiger partial charge in [0.1, 0.15) is 0 Å². The molecule has 114 valence electrons. The van der Waals surface area contributed by atoms with Gasteiger partial charge in [-0.3, -0.25) is 0 Å². The molecule has 0 aromatic heterocycles. The van der Waals surface area contributed by atoms with E-state index in [4.69, 9.17) is 0 Å². The van der Waals surface area contributed by atoms with Gasteiger partial charge in [0.2, 0.25) is 0 Å². The third-order valence-corrected chi connectivity index (χ3v) is 5.22. The normalized spacial score (nSPS) is 26.5. The Morgan fingerprint density at radius 2 is 1.60 bits per heavy atom. The van der Waals surface area contributed by atoms with Gasteiger partial charge in [0.05, 0.1) is 0 Å². The summed E-state index contributed by atoms with van der Waals surface area (Å²) in [7, 11) is 0. The van der Waals surface area contributed by atoms with Crippen LogP contribution in [0.15, 0.2) is 23.3 Å². The molecular formula is C20H34. The first kappa shape index (κ1) is 15.9. The predicted octanol–water partition coefficient (Wildman–Crippen LogP) is 6.82. The maximum Gasteiger partial charge on any atom is -0.00146 e. The van der Waals surface area contributed by atoms with Crippen LogP contribution in [-0.4, -0.2) is 0 Å².